The average Bonchev–Trinajstić information content (AvgIpc) is 3.16. The molecule has 0 radical (unpaired) electrons. The Morgan fingerprint density at radius 3 is 2.63 bits per heavy atom. The van der Waals surface area contributed by atoms with Crippen LogP contribution in [-0.2, 0) is 4.79 Å². The number of halogens is 2. The second kappa shape index (κ2) is 4.92. The quantitative estimate of drug-likeness (QED) is 0.892. The Morgan fingerprint density at radius 1 is 1.47 bits per heavy atom. The van der Waals surface area contributed by atoms with Crippen molar-refractivity contribution in [2.75, 3.05) is 0 Å². The standard InChI is InChI=1S/C13H13BrFNO3/c1-13(12(18)19,7-2-3-7)16-11(17)9-6-8(14)4-5-10(9)15/h4-7H,2-3H2,1H3,(H,16,17)(H,18,19). The van der Waals surface area contributed by atoms with Gasteiger partial charge in [0.1, 0.15) is 11.4 Å². The minimum Gasteiger partial charge on any atom is -0.480 e. The van der Waals surface area contributed by atoms with Gasteiger partial charge in [-0.15, -0.1) is 0 Å². The zero-order chi connectivity index (χ0) is 14.2. The van der Waals surface area contributed by atoms with Gasteiger partial charge in [-0.25, -0.2) is 9.18 Å². The van der Waals surface area contributed by atoms with Gasteiger partial charge >= 0.3 is 5.97 Å². The highest BCUT2D eigenvalue weighted by Crippen LogP contribution is 2.40. The van der Waals surface area contributed by atoms with Gasteiger partial charge in [0, 0.05) is 4.47 Å². The van der Waals surface area contributed by atoms with Crippen LogP contribution in [0, 0.1) is 11.7 Å². The molecule has 1 saturated carbocycles. The van der Waals surface area contributed by atoms with Crippen molar-refractivity contribution in [2.24, 2.45) is 5.92 Å². The number of carbonyl (C=O) groups is 2. The molecule has 19 heavy (non-hydrogen) atoms. The maximum atomic E-state index is 13.6. The number of aliphatic carboxylic acids is 1. The Balaban J connectivity index is 2.25. The Kier molecular flexibility index (Phi) is 3.62. The van der Waals surface area contributed by atoms with Crippen LogP contribution in [-0.4, -0.2) is 22.5 Å². The number of nitrogens with one attached hydrogen (secondary N) is 1. The summed E-state index contributed by atoms with van der Waals surface area (Å²) in [5, 5.41) is 11.7. The zero-order valence-electron chi connectivity index (χ0n) is 10.2. The summed E-state index contributed by atoms with van der Waals surface area (Å²) < 4.78 is 14.1. The molecule has 6 heteroatoms. The number of carboxylic acid groups (broad SMARTS) is 1. The molecule has 102 valence electrons. The number of amides is 1. The second-order valence-electron chi connectivity index (χ2n) is 4.86. The van der Waals surface area contributed by atoms with E-state index in [-0.39, 0.29) is 11.5 Å². The third-order valence-electron chi connectivity index (χ3n) is 3.38. The Labute approximate surface area is 118 Å². The van der Waals surface area contributed by atoms with Crippen molar-refractivity contribution in [2.45, 2.75) is 25.3 Å². The van der Waals surface area contributed by atoms with E-state index in [1.807, 2.05) is 0 Å². The lowest BCUT2D eigenvalue weighted by molar-refractivity contribution is -0.144. The van der Waals surface area contributed by atoms with Crippen molar-refractivity contribution >= 4 is 27.8 Å². The van der Waals surface area contributed by atoms with Gasteiger partial charge in [0.05, 0.1) is 5.56 Å². The van der Waals surface area contributed by atoms with Crippen molar-refractivity contribution in [3.8, 4) is 0 Å². The summed E-state index contributed by atoms with van der Waals surface area (Å²) in [6.45, 7) is 1.46. The Hall–Kier alpha value is -1.43. The summed E-state index contributed by atoms with van der Waals surface area (Å²) in [5.41, 5.74) is -1.51. The van der Waals surface area contributed by atoms with E-state index < -0.39 is 23.2 Å². The lowest BCUT2D eigenvalue weighted by Gasteiger charge is -2.26. The van der Waals surface area contributed by atoms with Crippen LogP contribution in [0.3, 0.4) is 0 Å². The number of rotatable bonds is 4. The van der Waals surface area contributed by atoms with Crippen LogP contribution in [0.4, 0.5) is 4.39 Å². The Bertz CT molecular complexity index is 545. The molecule has 1 unspecified atom stereocenters. The summed E-state index contributed by atoms with van der Waals surface area (Å²) in [6.07, 6.45) is 1.51. The maximum absolute atomic E-state index is 13.6. The fraction of sp³-hybridized carbons (Fsp3) is 0.385. The summed E-state index contributed by atoms with van der Waals surface area (Å²) in [7, 11) is 0. The SMILES string of the molecule is CC(NC(=O)c1cc(Br)ccc1F)(C(=O)O)C1CC1. The van der Waals surface area contributed by atoms with Crippen LogP contribution < -0.4 is 5.32 Å². The van der Waals surface area contributed by atoms with E-state index in [0.717, 1.165) is 18.9 Å². The van der Waals surface area contributed by atoms with Crippen molar-refractivity contribution in [1.29, 1.82) is 0 Å². The normalized spacial score (nSPS) is 17.6. The molecule has 1 atom stereocenters. The first-order valence-electron chi connectivity index (χ1n) is 5.85. The number of carboxylic acids is 1. The van der Waals surface area contributed by atoms with Crippen molar-refractivity contribution in [3.05, 3.63) is 34.1 Å². The van der Waals surface area contributed by atoms with E-state index in [4.69, 9.17) is 0 Å². The van der Waals surface area contributed by atoms with Gasteiger partial charge in [-0.2, -0.15) is 0 Å². The molecular formula is C13H13BrFNO3. The minimum atomic E-state index is -1.34. The molecule has 0 heterocycles. The molecule has 1 amide bonds. The molecule has 0 spiro atoms. The van der Waals surface area contributed by atoms with E-state index in [1.165, 1.54) is 19.1 Å². The molecule has 1 fully saturated rings. The summed E-state index contributed by atoms with van der Waals surface area (Å²) >= 11 is 3.15. The van der Waals surface area contributed by atoms with Gasteiger partial charge in [0.25, 0.3) is 5.91 Å². The van der Waals surface area contributed by atoms with Gasteiger partial charge in [0.15, 0.2) is 0 Å². The maximum Gasteiger partial charge on any atom is 0.329 e. The molecule has 1 aliphatic carbocycles. The first kappa shape index (κ1) is 14.0. The van der Waals surface area contributed by atoms with E-state index >= 15 is 0 Å². The van der Waals surface area contributed by atoms with E-state index in [1.54, 1.807) is 0 Å². The third-order valence-corrected chi connectivity index (χ3v) is 3.88. The number of carbonyl (C=O) groups excluding carboxylic acids is 1. The van der Waals surface area contributed by atoms with Crippen LogP contribution in [0.1, 0.15) is 30.1 Å². The molecule has 1 aromatic rings. The molecule has 1 aliphatic rings. The monoisotopic (exact) mass is 329 g/mol. The van der Waals surface area contributed by atoms with Gasteiger partial charge < -0.3 is 10.4 Å². The first-order valence-corrected chi connectivity index (χ1v) is 6.65. The smallest absolute Gasteiger partial charge is 0.329 e. The number of benzene rings is 1. The molecule has 0 aliphatic heterocycles. The first-order chi connectivity index (χ1) is 8.84. The topological polar surface area (TPSA) is 66.4 Å². The molecule has 2 rings (SSSR count). The van der Waals surface area contributed by atoms with Crippen molar-refractivity contribution < 1.29 is 19.1 Å². The van der Waals surface area contributed by atoms with Gasteiger partial charge in [-0.05, 0) is 43.9 Å². The predicted octanol–water partition coefficient (Wildman–Crippen LogP) is 2.57. The van der Waals surface area contributed by atoms with Crippen molar-refractivity contribution in [3.63, 3.8) is 0 Å². The van der Waals surface area contributed by atoms with Crippen LogP contribution in [0.15, 0.2) is 22.7 Å². The van der Waals surface area contributed by atoms with Crippen LogP contribution >= 0.6 is 15.9 Å². The van der Waals surface area contributed by atoms with Crippen LogP contribution in [0.2, 0.25) is 0 Å². The van der Waals surface area contributed by atoms with E-state index in [0.29, 0.717) is 4.47 Å². The number of hydrogen-bond donors (Lipinski definition) is 2. The fourth-order valence-electron chi connectivity index (χ4n) is 1.97. The second-order valence-corrected chi connectivity index (χ2v) is 5.78. The lowest BCUT2D eigenvalue weighted by Crippen LogP contribution is -2.54. The van der Waals surface area contributed by atoms with Crippen LogP contribution in [0.25, 0.3) is 0 Å². The molecular weight excluding hydrogens is 317 g/mol. The predicted molar refractivity (Wildman–Crippen MR) is 70.3 cm³/mol. The lowest BCUT2D eigenvalue weighted by atomic mass is 9.95. The zero-order valence-corrected chi connectivity index (χ0v) is 11.8. The Morgan fingerprint density at radius 2 is 2.11 bits per heavy atom. The molecule has 4 nitrogen and oxygen atoms in total. The minimum absolute atomic E-state index is 0.0934. The summed E-state index contributed by atoms with van der Waals surface area (Å²) in [5.74, 6) is -2.58. The van der Waals surface area contributed by atoms with Gasteiger partial charge in [-0.3, -0.25) is 4.79 Å². The van der Waals surface area contributed by atoms with Gasteiger partial charge in [0.2, 0.25) is 0 Å². The fourth-order valence-corrected chi connectivity index (χ4v) is 2.33. The number of hydrogen-bond acceptors (Lipinski definition) is 2. The summed E-state index contributed by atoms with van der Waals surface area (Å²) in [4.78, 5) is 23.3. The molecule has 1 aromatic carbocycles. The summed E-state index contributed by atoms with van der Waals surface area (Å²) in [6, 6.07) is 3.97. The molecule has 0 bridgehead atoms. The van der Waals surface area contributed by atoms with E-state index in [2.05, 4.69) is 21.2 Å². The van der Waals surface area contributed by atoms with Gasteiger partial charge in [-0.1, -0.05) is 15.9 Å². The average molecular weight is 330 g/mol. The largest absolute Gasteiger partial charge is 0.480 e. The van der Waals surface area contributed by atoms with Crippen molar-refractivity contribution in [1.82, 2.24) is 5.32 Å². The molecule has 0 aromatic heterocycles. The third kappa shape index (κ3) is 2.78. The highest BCUT2D eigenvalue weighted by molar-refractivity contribution is 9.10. The molecule has 2 N–H and O–H groups in total. The highest BCUT2D eigenvalue weighted by Gasteiger charge is 2.48. The molecule has 0 saturated heterocycles. The van der Waals surface area contributed by atoms with E-state index in [9.17, 15) is 19.1 Å². The highest BCUT2D eigenvalue weighted by atomic mass is 79.9. The van der Waals surface area contributed by atoms with Crippen LogP contribution in [0.5, 0.6) is 0 Å².